The summed E-state index contributed by atoms with van der Waals surface area (Å²) >= 11 is 0. The van der Waals surface area contributed by atoms with Crippen molar-refractivity contribution in [3.05, 3.63) is 0 Å². The zero-order chi connectivity index (χ0) is 22.4. The number of halogens is 1. The maximum Gasteiger partial charge on any atom is 0.142 e. The third kappa shape index (κ3) is 6.23. The first-order valence-corrected chi connectivity index (χ1v) is 13.4. The minimum atomic E-state index is -0.314. The van der Waals surface area contributed by atoms with Crippen molar-refractivity contribution in [1.29, 1.82) is 0 Å². The fourth-order valence-corrected chi connectivity index (χ4v) is 7.46. The van der Waals surface area contributed by atoms with E-state index in [1.165, 1.54) is 70.6 Å². The molecule has 178 valence electrons. The van der Waals surface area contributed by atoms with Crippen LogP contribution < -0.4 is 0 Å². The summed E-state index contributed by atoms with van der Waals surface area (Å²) in [6.45, 7) is 15.8. The highest BCUT2D eigenvalue weighted by Crippen LogP contribution is 2.58. The molecule has 0 heterocycles. The van der Waals surface area contributed by atoms with Crippen molar-refractivity contribution in [3.8, 4) is 0 Å². The van der Waals surface area contributed by atoms with Gasteiger partial charge in [-0.2, -0.15) is 0 Å². The molecule has 0 N–H and O–H groups in total. The van der Waals surface area contributed by atoms with Crippen LogP contribution in [-0.2, 0) is 0 Å². The van der Waals surface area contributed by atoms with Crippen molar-refractivity contribution < 1.29 is 4.39 Å². The molecule has 30 heavy (non-hydrogen) atoms. The average molecular weight is 424 g/mol. The molecule has 0 aromatic rings. The number of unbranched alkanes of at least 4 members (excludes halogenated alkanes) is 1. The first-order valence-electron chi connectivity index (χ1n) is 13.4. The highest BCUT2D eigenvalue weighted by atomic mass is 19.1. The molecule has 3 unspecified atom stereocenters. The molecule has 2 rings (SSSR count). The first-order chi connectivity index (χ1) is 14.2. The van der Waals surface area contributed by atoms with Gasteiger partial charge in [0.2, 0.25) is 0 Å². The summed E-state index contributed by atoms with van der Waals surface area (Å²) in [5, 5.41) is 0. The molecule has 0 spiro atoms. The molecule has 6 atom stereocenters. The Morgan fingerprint density at radius 3 is 2.33 bits per heavy atom. The molecule has 0 aromatic heterocycles. The van der Waals surface area contributed by atoms with Crippen LogP contribution in [0.2, 0.25) is 0 Å². The van der Waals surface area contributed by atoms with Crippen LogP contribution in [0.15, 0.2) is 0 Å². The molecule has 2 heteroatoms. The minimum absolute atomic E-state index is 0.314. The topological polar surface area (TPSA) is 3.24 Å². The predicted molar refractivity (Wildman–Crippen MR) is 130 cm³/mol. The highest BCUT2D eigenvalue weighted by Gasteiger charge is 2.50. The lowest BCUT2D eigenvalue weighted by Gasteiger charge is -2.45. The van der Waals surface area contributed by atoms with Gasteiger partial charge in [-0.15, -0.1) is 0 Å². The summed E-state index contributed by atoms with van der Waals surface area (Å²) in [4.78, 5) is 1.81. The Morgan fingerprint density at radius 2 is 1.70 bits per heavy atom. The molecule has 2 aliphatic carbocycles. The Balaban J connectivity index is 1.96. The molecule has 0 bridgehead atoms. The number of nitrogens with zero attached hydrogens (tertiary/aromatic N) is 1. The van der Waals surface area contributed by atoms with E-state index >= 15 is 0 Å². The smallest absolute Gasteiger partial charge is 0.142 e. The van der Waals surface area contributed by atoms with Gasteiger partial charge in [-0.3, -0.25) is 4.90 Å². The van der Waals surface area contributed by atoms with Crippen molar-refractivity contribution in [2.24, 2.45) is 40.4 Å². The van der Waals surface area contributed by atoms with Gasteiger partial charge in [-0.05, 0) is 92.4 Å². The average Bonchev–Trinajstić information content (AvgIpc) is 3.06. The van der Waals surface area contributed by atoms with Gasteiger partial charge in [0, 0.05) is 6.54 Å². The van der Waals surface area contributed by atoms with E-state index in [-0.39, 0.29) is 6.80 Å². The first kappa shape index (κ1) is 26.1. The van der Waals surface area contributed by atoms with Crippen LogP contribution in [0.3, 0.4) is 0 Å². The van der Waals surface area contributed by atoms with Crippen LogP contribution in [0, 0.1) is 40.4 Å². The molecule has 0 radical (unpaired) electrons. The van der Waals surface area contributed by atoms with E-state index in [9.17, 15) is 4.39 Å². The van der Waals surface area contributed by atoms with Crippen LogP contribution in [0.4, 0.5) is 4.39 Å². The number of alkyl halides is 1. The van der Waals surface area contributed by atoms with Crippen molar-refractivity contribution in [1.82, 2.24) is 4.90 Å². The Morgan fingerprint density at radius 1 is 0.967 bits per heavy atom. The number of hydrogen-bond acceptors (Lipinski definition) is 1. The van der Waals surface area contributed by atoms with Gasteiger partial charge in [0.25, 0.3) is 0 Å². The molecule has 0 amide bonds. The summed E-state index contributed by atoms with van der Waals surface area (Å²) in [5.74, 6) is 4.34. The van der Waals surface area contributed by atoms with Crippen LogP contribution in [-0.4, -0.2) is 25.3 Å². The van der Waals surface area contributed by atoms with Crippen LogP contribution >= 0.6 is 0 Å². The van der Waals surface area contributed by atoms with Crippen molar-refractivity contribution in [3.63, 3.8) is 0 Å². The lowest BCUT2D eigenvalue weighted by Crippen LogP contribution is -2.38. The predicted octanol–water partition coefficient (Wildman–Crippen LogP) is 8.73. The molecule has 0 aromatic carbocycles. The fraction of sp³-hybridized carbons (Fsp3) is 1.00. The molecule has 2 saturated carbocycles. The fourth-order valence-electron chi connectivity index (χ4n) is 7.46. The lowest BCUT2D eigenvalue weighted by molar-refractivity contribution is 0.0326. The highest BCUT2D eigenvalue weighted by molar-refractivity contribution is 4.99. The van der Waals surface area contributed by atoms with Gasteiger partial charge < -0.3 is 0 Å². The number of hydrogen-bond donors (Lipinski definition) is 0. The Labute approximate surface area is 189 Å². The van der Waals surface area contributed by atoms with E-state index in [1.54, 1.807) is 4.90 Å². The molecule has 2 fully saturated rings. The second-order valence-electron chi connectivity index (χ2n) is 12.2. The van der Waals surface area contributed by atoms with E-state index in [1.807, 2.05) is 7.05 Å². The molecule has 0 aliphatic heterocycles. The van der Waals surface area contributed by atoms with Gasteiger partial charge in [0.05, 0.1) is 0 Å². The number of rotatable bonds is 12. The Kier molecular flexibility index (Phi) is 10.2. The van der Waals surface area contributed by atoms with E-state index in [4.69, 9.17) is 0 Å². The van der Waals surface area contributed by atoms with Gasteiger partial charge in [-0.1, -0.05) is 73.6 Å². The minimum Gasteiger partial charge on any atom is -0.280 e. The normalized spacial score (nSPS) is 33.7. The van der Waals surface area contributed by atoms with E-state index < -0.39 is 0 Å². The SMILES string of the molecule is CC[C@H](C)[C@@]1(C)C(C(C)CCC2CCCCC2(C)C)CC[C@@H]1CCCCN(C)CF. The standard InChI is InChI=1S/C28H54FN/c1-8-23(3)28(6)25(14-10-12-20-30(7)21-29)17-18-26(28)22(2)15-16-24-13-9-11-19-27(24,4)5/h22-26H,8-21H2,1-7H3/t22?,23-,24?,25-,26?,28+/m0/s1. The summed E-state index contributed by atoms with van der Waals surface area (Å²) in [5.41, 5.74) is 1.05. The van der Waals surface area contributed by atoms with Gasteiger partial charge in [-0.25, -0.2) is 4.39 Å². The second-order valence-corrected chi connectivity index (χ2v) is 12.2. The third-order valence-corrected chi connectivity index (χ3v) is 10.1. The summed E-state index contributed by atoms with van der Waals surface area (Å²) in [6.07, 6.45) is 16.6. The molecule has 1 nitrogen and oxygen atoms in total. The van der Waals surface area contributed by atoms with Crippen molar-refractivity contribution >= 4 is 0 Å². The quantitative estimate of drug-likeness (QED) is 0.224. The second kappa shape index (κ2) is 11.7. The Bertz CT molecular complexity index is 489. The van der Waals surface area contributed by atoms with Crippen molar-refractivity contribution in [2.75, 3.05) is 20.4 Å². The molecule has 2 aliphatic rings. The Hall–Kier alpha value is -0.110. The summed E-state index contributed by atoms with van der Waals surface area (Å²) < 4.78 is 12.7. The van der Waals surface area contributed by atoms with Crippen LogP contribution in [0.5, 0.6) is 0 Å². The van der Waals surface area contributed by atoms with Gasteiger partial charge in [0.1, 0.15) is 6.80 Å². The monoisotopic (exact) mass is 423 g/mol. The summed E-state index contributed by atoms with van der Waals surface area (Å²) in [7, 11) is 1.89. The zero-order valence-electron chi connectivity index (χ0n) is 21.6. The largest absolute Gasteiger partial charge is 0.280 e. The van der Waals surface area contributed by atoms with Gasteiger partial charge in [0.15, 0.2) is 0 Å². The van der Waals surface area contributed by atoms with Gasteiger partial charge >= 0.3 is 0 Å². The maximum absolute atomic E-state index is 12.7. The van der Waals surface area contributed by atoms with Crippen molar-refractivity contribution in [2.45, 2.75) is 119 Å². The molecular weight excluding hydrogens is 369 g/mol. The molecule has 0 saturated heterocycles. The third-order valence-electron chi connectivity index (χ3n) is 10.1. The van der Waals surface area contributed by atoms with E-state index in [2.05, 4.69) is 41.5 Å². The maximum atomic E-state index is 12.7. The lowest BCUT2D eigenvalue weighted by atomic mass is 9.59. The van der Waals surface area contributed by atoms with E-state index in [0.29, 0.717) is 10.8 Å². The van der Waals surface area contributed by atoms with E-state index in [0.717, 1.165) is 42.6 Å². The zero-order valence-corrected chi connectivity index (χ0v) is 21.6. The summed E-state index contributed by atoms with van der Waals surface area (Å²) in [6, 6.07) is 0. The van der Waals surface area contributed by atoms with Crippen LogP contribution in [0.25, 0.3) is 0 Å². The molecular formula is C28H54FN. The van der Waals surface area contributed by atoms with Crippen LogP contribution in [0.1, 0.15) is 119 Å².